The Morgan fingerprint density at radius 3 is 2.86 bits per heavy atom. The minimum Gasteiger partial charge on any atom is -0.495 e. The predicted molar refractivity (Wildman–Crippen MR) is 78.1 cm³/mol. The third kappa shape index (κ3) is 2.84. The Balaban J connectivity index is 1.92. The summed E-state index contributed by atoms with van der Waals surface area (Å²) in [6, 6.07) is 5.91. The SMILES string of the molecule is COc1cc(/C=C/c2nnco2)ccc1-n1cnc(C)c1. The molecule has 0 spiro atoms. The van der Waals surface area contributed by atoms with Crippen LogP contribution in [0.1, 0.15) is 17.1 Å². The van der Waals surface area contributed by atoms with Crippen molar-refractivity contribution in [1.82, 2.24) is 19.7 Å². The van der Waals surface area contributed by atoms with Crippen molar-refractivity contribution >= 4 is 12.2 Å². The smallest absolute Gasteiger partial charge is 0.240 e. The van der Waals surface area contributed by atoms with Gasteiger partial charge in [-0.15, -0.1) is 10.2 Å². The van der Waals surface area contributed by atoms with E-state index in [1.54, 1.807) is 19.5 Å². The highest BCUT2D eigenvalue weighted by molar-refractivity contribution is 5.68. The molecule has 0 fully saturated rings. The summed E-state index contributed by atoms with van der Waals surface area (Å²) in [5.41, 5.74) is 2.87. The molecule has 0 N–H and O–H groups in total. The van der Waals surface area contributed by atoms with Crippen LogP contribution < -0.4 is 4.74 Å². The minimum atomic E-state index is 0.461. The molecule has 21 heavy (non-hydrogen) atoms. The van der Waals surface area contributed by atoms with E-state index < -0.39 is 0 Å². The summed E-state index contributed by atoms with van der Waals surface area (Å²) >= 11 is 0. The van der Waals surface area contributed by atoms with Gasteiger partial charge in [0.25, 0.3) is 0 Å². The number of ether oxygens (including phenoxy) is 1. The fraction of sp³-hybridized carbons (Fsp3) is 0.133. The zero-order chi connectivity index (χ0) is 14.7. The molecular formula is C15H14N4O2. The maximum absolute atomic E-state index is 5.45. The minimum absolute atomic E-state index is 0.461. The van der Waals surface area contributed by atoms with E-state index in [0.717, 1.165) is 22.7 Å². The number of benzene rings is 1. The van der Waals surface area contributed by atoms with Gasteiger partial charge < -0.3 is 13.7 Å². The van der Waals surface area contributed by atoms with E-state index in [0.29, 0.717) is 5.89 Å². The Morgan fingerprint density at radius 2 is 2.19 bits per heavy atom. The molecule has 0 atom stereocenters. The molecule has 106 valence electrons. The molecule has 0 saturated carbocycles. The van der Waals surface area contributed by atoms with Crippen molar-refractivity contribution in [3.63, 3.8) is 0 Å². The van der Waals surface area contributed by atoms with Gasteiger partial charge in [0.1, 0.15) is 5.75 Å². The lowest BCUT2D eigenvalue weighted by Gasteiger charge is -2.09. The Labute approximate surface area is 121 Å². The first kappa shape index (κ1) is 13.1. The maximum Gasteiger partial charge on any atom is 0.240 e. The number of rotatable bonds is 4. The van der Waals surface area contributed by atoms with Gasteiger partial charge in [-0.3, -0.25) is 0 Å². The Kier molecular flexibility index (Phi) is 3.51. The Morgan fingerprint density at radius 1 is 1.29 bits per heavy atom. The van der Waals surface area contributed by atoms with Crippen LogP contribution in [0.4, 0.5) is 0 Å². The molecule has 0 amide bonds. The van der Waals surface area contributed by atoms with Gasteiger partial charge in [0.05, 0.1) is 24.8 Å². The number of hydrogen-bond acceptors (Lipinski definition) is 5. The number of aromatic nitrogens is 4. The fourth-order valence-electron chi connectivity index (χ4n) is 1.99. The lowest BCUT2D eigenvalue weighted by molar-refractivity contribution is 0.413. The number of hydrogen-bond donors (Lipinski definition) is 0. The average molecular weight is 282 g/mol. The number of nitrogens with zero attached hydrogens (tertiary/aromatic N) is 4. The Bertz CT molecular complexity index is 760. The van der Waals surface area contributed by atoms with Gasteiger partial charge in [0.15, 0.2) is 0 Å². The molecule has 2 heterocycles. The Hall–Kier alpha value is -2.89. The molecular weight excluding hydrogens is 268 g/mol. The summed E-state index contributed by atoms with van der Waals surface area (Å²) in [7, 11) is 1.65. The molecule has 6 heteroatoms. The summed E-state index contributed by atoms with van der Waals surface area (Å²) in [5.74, 6) is 1.23. The van der Waals surface area contributed by atoms with E-state index in [4.69, 9.17) is 9.15 Å². The molecule has 0 aliphatic rings. The maximum atomic E-state index is 5.45. The van der Waals surface area contributed by atoms with Gasteiger partial charge in [-0.05, 0) is 30.7 Å². The molecule has 0 unspecified atom stereocenters. The van der Waals surface area contributed by atoms with Gasteiger partial charge in [-0.2, -0.15) is 0 Å². The van der Waals surface area contributed by atoms with Crippen LogP contribution in [0.15, 0.2) is 41.5 Å². The monoisotopic (exact) mass is 282 g/mol. The van der Waals surface area contributed by atoms with Crippen LogP contribution in [0, 0.1) is 6.92 Å². The van der Waals surface area contributed by atoms with Crippen molar-refractivity contribution in [3.05, 3.63) is 54.3 Å². The second-order valence-electron chi connectivity index (χ2n) is 4.46. The molecule has 0 radical (unpaired) electrons. The molecule has 0 saturated heterocycles. The molecule has 3 rings (SSSR count). The van der Waals surface area contributed by atoms with Crippen molar-refractivity contribution in [2.24, 2.45) is 0 Å². The molecule has 1 aromatic carbocycles. The third-order valence-electron chi connectivity index (χ3n) is 2.99. The highest BCUT2D eigenvalue weighted by Crippen LogP contribution is 2.25. The van der Waals surface area contributed by atoms with Crippen LogP contribution in [0.3, 0.4) is 0 Å². The van der Waals surface area contributed by atoms with Crippen LogP contribution >= 0.6 is 0 Å². The fourth-order valence-corrected chi connectivity index (χ4v) is 1.99. The van der Waals surface area contributed by atoms with Crippen molar-refractivity contribution in [2.45, 2.75) is 6.92 Å². The number of imidazole rings is 1. The molecule has 0 aliphatic heterocycles. The zero-order valence-electron chi connectivity index (χ0n) is 11.7. The first-order chi connectivity index (χ1) is 10.3. The van der Waals surface area contributed by atoms with Crippen molar-refractivity contribution in [3.8, 4) is 11.4 Å². The number of aryl methyl sites for hydroxylation is 1. The van der Waals surface area contributed by atoms with Crippen LogP contribution in [-0.4, -0.2) is 26.9 Å². The zero-order valence-corrected chi connectivity index (χ0v) is 11.7. The molecule has 3 aromatic rings. The molecule has 6 nitrogen and oxygen atoms in total. The van der Waals surface area contributed by atoms with Crippen molar-refractivity contribution in [2.75, 3.05) is 7.11 Å². The second-order valence-corrected chi connectivity index (χ2v) is 4.46. The molecule has 0 aliphatic carbocycles. The highest BCUT2D eigenvalue weighted by atomic mass is 16.5. The summed E-state index contributed by atoms with van der Waals surface area (Å²) in [4.78, 5) is 4.23. The average Bonchev–Trinajstić information content (AvgIpc) is 3.16. The predicted octanol–water partition coefficient (Wildman–Crippen LogP) is 2.74. The van der Waals surface area contributed by atoms with Gasteiger partial charge in [0, 0.05) is 12.3 Å². The van der Waals surface area contributed by atoms with Crippen molar-refractivity contribution in [1.29, 1.82) is 0 Å². The summed E-state index contributed by atoms with van der Waals surface area (Å²) in [5, 5.41) is 7.42. The normalized spacial score (nSPS) is 11.1. The highest BCUT2D eigenvalue weighted by Gasteiger charge is 2.06. The van der Waals surface area contributed by atoms with Crippen LogP contribution in [0.25, 0.3) is 17.8 Å². The van der Waals surface area contributed by atoms with Crippen LogP contribution in [0.5, 0.6) is 5.75 Å². The van der Waals surface area contributed by atoms with Gasteiger partial charge in [-0.25, -0.2) is 4.98 Å². The first-order valence-electron chi connectivity index (χ1n) is 6.39. The van der Waals surface area contributed by atoms with Crippen LogP contribution in [0.2, 0.25) is 0 Å². The van der Waals surface area contributed by atoms with Gasteiger partial charge >= 0.3 is 0 Å². The second kappa shape index (κ2) is 5.62. The quantitative estimate of drug-likeness (QED) is 0.736. The summed E-state index contributed by atoms with van der Waals surface area (Å²) in [6.07, 6.45) is 8.65. The van der Waals surface area contributed by atoms with E-state index in [-0.39, 0.29) is 0 Å². The van der Waals surface area contributed by atoms with E-state index in [1.807, 2.05) is 42.0 Å². The summed E-state index contributed by atoms with van der Waals surface area (Å²) in [6.45, 7) is 1.95. The van der Waals surface area contributed by atoms with Crippen molar-refractivity contribution < 1.29 is 9.15 Å². The topological polar surface area (TPSA) is 66.0 Å². The molecule has 0 bridgehead atoms. The van der Waals surface area contributed by atoms with Crippen LogP contribution in [-0.2, 0) is 0 Å². The summed E-state index contributed by atoms with van der Waals surface area (Å²) < 4.78 is 12.4. The first-order valence-corrected chi connectivity index (χ1v) is 6.39. The molecule has 2 aromatic heterocycles. The van der Waals surface area contributed by atoms with E-state index in [1.165, 1.54) is 6.39 Å². The lowest BCUT2D eigenvalue weighted by atomic mass is 10.1. The number of methoxy groups -OCH3 is 1. The van der Waals surface area contributed by atoms with Gasteiger partial charge in [-0.1, -0.05) is 6.07 Å². The largest absolute Gasteiger partial charge is 0.495 e. The third-order valence-corrected chi connectivity index (χ3v) is 2.99. The lowest BCUT2D eigenvalue weighted by Crippen LogP contribution is -1.95. The standard InChI is InChI=1S/C15H14N4O2/c1-11-8-19(9-16-11)13-5-3-12(7-14(13)20-2)4-6-15-18-17-10-21-15/h3-10H,1-2H3/b6-4+. The van der Waals surface area contributed by atoms with Gasteiger partial charge in [0.2, 0.25) is 12.3 Å². The van der Waals surface area contributed by atoms with E-state index >= 15 is 0 Å². The van der Waals surface area contributed by atoms with E-state index in [9.17, 15) is 0 Å². The van der Waals surface area contributed by atoms with E-state index in [2.05, 4.69) is 15.2 Å².